The van der Waals surface area contributed by atoms with E-state index in [1.165, 1.54) is 17.4 Å². The van der Waals surface area contributed by atoms with Crippen LogP contribution in [0.1, 0.15) is 22.2 Å². The molecule has 3 rings (SSSR count). The maximum absolute atomic E-state index is 14.2. The predicted molar refractivity (Wildman–Crippen MR) is 110 cm³/mol. The molecule has 0 atom stereocenters. The Bertz CT molecular complexity index is 1100. The van der Waals surface area contributed by atoms with E-state index in [1.807, 2.05) is 12.3 Å². The largest absolute Gasteiger partial charge is 0.492 e. The highest BCUT2D eigenvalue weighted by Crippen LogP contribution is 2.25. The van der Waals surface area contributed by atoms with Crippen LogP contribution >= 0.6 is 11.3 Å². The number of sulfonamides is 1. The van der Waals surface area contributed by atoms with Crippen LogP contribution in [-0.4, -0.2) is 20.9 Å². The average Bonchev–Trinajstić information content (AvgIpc) is 3.22. The molecule has 6 nitrogen and oxygen atoms in total. The van der Waals surface area contributed by atoms with Gasteiger partial charge in [-0.05, 0) is 48.7 Å². The number of hydrogen-bond acceptors (Lipinski definition) is 5. The van der Waals surface area contributed by atoms with Gasteiger partial charge in [-0.3, -0.25) is 4.79 Å². The van der Waals surface area contributed by atoms with Crippen LogP contribution in [0.5, 0.6) is 5.75 Å². The van der Waals surface area contributed by atoms with Crippen LogP contribution < -0.4 is 14.8 Å². The van der Waals surface area contributed by atoms with E-state index in [-0.39, 0.29) is 12.1 Å². The normalized spacial score (nSPS) is 11.2. The Morgan fingerprint density at radius 1 is 1.14 bits per heavy atom. The minimum atomic E-state index is -4.14. The van der Waals surface area contributed by atoms with Gasteiger partial charge in [-0.25, -0.2) is 17.5 Å². The highest BCUT2D eigenvalue weighted by Gasteiger charge is 2.21. The smallest absolute Gasteiger partial charge is 0.255 e. The number of para-hydroxylation sites is 2. The first-order chi connectivity index (χ1) is 13.9. The summed E-state index contributed by atoms with van der Waals surface area (Å²) in [4.78, 5) is 12.8. The fourth-order valence-corrected chi connectivity index (χ4v) is 4.40. The van der Waals surface area contributed by atoms with Gasteiger partial charge in [0, 0.05) is 17.0 Å². The summed E-state index contributed by atoms with van der Waals surface area (Å²) >= 11 is 1.38. The van der Waals surface area contributed by atoms with Crippen molar-refractivity contribution in [3.8, 4) is 5.75 Å². The van der Waals surface area contributed by atoms with E-state index in [0.717, 1.165) is 17.0 Å². The van der Waals surface area contributed by atoms with Crippen LogP contribution in [0.2, 0.25) is 0 Å². The number of thiophene rings is 1. The number of hydrogen-bond donors (Lipinski definition) is 2. The first kappa shape index (κ1) is 21.0. The lowest BCUT2D eigenvalue weighted by molar-refractivity contribution is 0.102. The van der Waals surface area contributed by atoms with E-state index in [9.17, 15) is 17.6 Å². The topological polar surface area (TPSA) is 84.5 Å². The predicted octanol–water partition coefficient (Wildman–Crippen LogP) is 4.02. The van der Waals surface area contributed by atoms with Gasteiger partial charge in [-0.2, -0.15) is 0 Å². The van der Waals surface area contributed by atoms with Gasteiger partial charge in [0.25, 0.3) is 5.91 Å². The van der Waals surface area contributed by atoms with E-state index < -0.39 is 26.6 Å². The number of carbonyl (C=O) groups excluding carboxylic acids is 1. The average molecular weight is 435 g/mol. The minimum Gasteiger partial charge on any atom is -0.492 e. The summed E-state index contributed by atoms with van der Waals surface area (Å²) in [7, 11) is -4.14. The van der Waals surface area contributed by atoms with E-state index in [0.29, 0.717) is 18.0 Å². The second kappa shape index (κ2) is 9.17. The molecule has 0 unspecified atom stereocenters. The quantitative estimate of drug-likeness (QED) is 0.561. The van der Waals surface area contributed by atoms with Crippen molar-refractivity contribution < 1.29 is 22.3 Å². The molecular weight excluding hydrogens is 415 g/mol. The number of ether oxygens (including phenoxy) is 1. The van der Waals surface area contributed by atoms with Gasteiger partial charge in [0.05, 0.1) is 12.3 Å². The Balaban J connectivity index is 1.82. The van der Waals surface area contributed by atoms with Gasteiger partial charge in [-0.15, -0.1) is 11.3 Å². The molecule has 0 aliphatic heterocycles. The van der Waals surface area contributed by atoms with Crippen LogP contribution in [0.4, 0.5) is 10.1 Å². The molecule has 2 aromatic carbocycles. The summed E-state index contributed by atoms with van der Waals surface area (Å²) in [6, 6.07) is 13.6. The van der Waals surface area contributed by atoms with E-state index >= 15 is 0 Å². The van der Waals surface area contributed by atoms with Gasteiger partial charge >= 0.3 is 0 Å². The molecular formula is C20H19FN2O4S2. The number of amides is 1. The third kappa shape index (κ3) is 5.20. The van der Waals surface area contributed by atoms with Gasteiger partial charge < -0.3 is 10.1 Å². The van der Waals surface area contributed by atoms with Crippen molar-refractivity contribution in [3.63, 3.8) is 0 Å². The van der Waals surface area contributed by atoms with Crippen LogP contribution in [0.25, 0.3) is 0 Å². The highest BCUT2D eigenvalue weighted by molar-refractivity contribution is 7.89. The van der Waals surface area contributed by atoms with Crippen LogP contribution in [0.15, 0.2) is 64.9 Å². The second-order valence-corrected chi connectivity index (χ2v) is 8.70. The second-order valence-electron chi connectivity index (χ2n) is 5.93. The lowest BCUT2D eigenvalue weighted by Gasteiger charge is -2.12. The van der Waals surface area contributed by atoms with Crippen molar-refractivity contribution in [1.82, 2.24) is 4.72 Å². The Morgan fingerprint density at radius 3 is 2.66 bits per heavy atom. The molecule has 0 aliphatic rings. The zero-order valence-electron chi connectivity index (χ0n) is 15.5. The summed E-state index contributed by atoms with van der Waals surface area (Å²) in [5, 5.41) is 4.48. The maximum Gasteiger partial charge on any atom is 0.255 e. The van der Waals surface area contributed by atoms with Crippen molar-refractivity contribution in [1.29, 1.82) is 0 Å². The minimum absolute atomic E-state index is 0.00852. The molecule has 9 heteroatoms. The SMILES string of the molecule is CCOc1ccccc1NC(=O)c1ccc(F)c(S(=O)(=O)NCc2cccs2)c1. The third-order valence-corrected chi connectivity index (χ3v) is 6.23. The molecule has 1 amide bonds. The zero-order valence-corrected chi connectivity index (χ0v) is 17.1. The monoisotopic (exact) mass is 434 g/mol. The number of carbonyl (C=O) groups is 1. The summed E-state index contributed by atoms with van der Waals surface area (Å²) in [5.41, 5.74) is 0.443. The molecule has 0 saturated carbocycles. The van der Waals surface area contributed by atoms with Crippen LogP contribution in [-0.2, 0) is 16.6 Å². The molecule has 3 aromatic rings. The third-order valence-electron chi connectivity index (χ3n) is 3.93. The maximum atomic E-state index is 14.2. The lowest BCUT2D eigenvalue weighted by Crippen LogP contribution is -2.24. The van der Waals surface area contributed by atoms with E-state index in [2.05, 4.69) is 10.0 Å². The Labute approximate surface area is 172 Å². The van der Waals surface area contributed by atoms with Gasteiger partial charge in [0.1, 0.15) is 16.5 Å². The van der Waals surface area contributed by atoms with Crippen molar-refractivity contribution in [2.45, 2.75) is 18.4 Å². The molecule has 0 fully saturated rings. The summed E-state index contributed by atoms with van der Waals surface area (Å²) in [6.07, 6.45) is 0. The summed E-state index contributed by atoms with van der Waals surface area (Å²) in [6.45, 7) is 2.28. The van der Waals surface area contributed by atoms with Gasteiger partial charge in [0.15, 0.2) is 0 Å². The van der Waals surface area contributed by atoms with Gasteiger partial charge in [-0.1, -0.05) is 18.2 Å². The van der Waals surface area contributed by atoms with Crippen LogP contribution in [0.3, 0.4) is 0 Å². The van der Waals surface area contributed by atoms with Crippen LogP contribution in [0, 0.1) is 5.82 Å². The Morgan fingerprint density at radius 2 is 1.93 bits per heavy atom. The summed E-state index contributed by atoms with van der Waals surface area (Å²) < 4.78 is 47.1. The number of benzene rings is 2. The zero-order chi connectivity index (χ0) is 20.9. The van der Waals surface area contributed by atoms with E-state index in [4.69, 9.17) is 4.74 Å². The molecule has 0 radical (unpaired) electrons. The Kier molecular flexibility index (Phi) is 6.63. The number of anilines is 1. The first-order valence-electron chi connectivity index (χ1n) is 8.75. The molecule has 152 valence electrons. The molecule has 0 spiro atoms. The van der Waals surface area contributed by atoms with Crippen molar-refractivity contribution in [2.24, 2.45) is 0 Å². The molecule has 0 aliphatic carbocycles. The summed E-state index contributed by atoms with van der Waals surface area (Å²) in [5.74, 6) is -1.03. The number of halogens is 1. The van der Waals surface area contributed by atoms with Crippen molar-refractivity contribution in [2.75, 3.05) is 11.9 Å². The lowest BCUT2D eigenvalue weighted by atomic mass is 10.2. The highest BCUT2D eigenvalue weighted by atomic mass is 32.2. The van der Waals surface area contributed by atoms with Gasteiger partial charge in [0.2, 0.25) is 10.0 Å². The number of nitrogens with one attached hydrogen (secondary N) is 2. The molecule has 2 N–H and O–H groups in total. The fraction of sp³-hybridized carbons (Fsp3) is 0.150. The molecule has 1 heterocycles. The first-order valence-corrected chi connectivity index (χ1v) is 11.1. The van der Waals surface area contributed by atoms with Crippen molar-refractivity contribution in [3.05, 3.63) is 76.2 Å². The molecule has 1 aromatic heterocycles. The molecule has 29 heavy (non-hydrogen) atoms. The fourth-order valence-electron chi connectivity index (χ4n) is 2.55. The Hall–Kier alpha value is -2.75. The number of rotatable bonds is 8. The van der Waals surface area contributed by atoms with Crippen molar-refractivity contribution >= 4 is 33.0 Å². The van der Waals surface area contributed by atoms with E-state index in [1.54, 1.807) is 36.4 Å². The molecule has 0 saturated heterocycles. The molecule has 0 bridgehead atoms. The standard InChI is InChI=1S/C20H19FN2O4S2/c1-2-27-18-8-4-3-7-17(18)23-20(24)14-9-10-16(21)19(12-14)29(25,26)22-13-15-6-5-11-28-15/h3-12,22H,2,13H2,1H3,(H,23,24).